The first-order valence-electron chi connectivity index (χ1n) is 2.34. The van der Waals surface area contributed by atoms with Gasteiger partial charge >= 0.3 is 0 Å². The lowest BCUT2D eigenvalue weighted by Gasteiger charge is -2.05. The van der Waals surface area contributed by atoms with Crippen LogP contribution < -0.4 is 0 Å². The molecule has 8 heavy (non-hydrogen) atoms. The summed E-state index contributed by atoms with van der Waals surface area (Å²) in [4.78, 5) is 0. The number of alkyl halides is 3. The third-order valence-electron chi connectivity index (χ3n) is 0.679. The number of hydrogen-bond acceptors (Lipinski definition) is 0. The highest BCUT2D eigenvalue weighted by Crippen LogP contribution is 2.15. The number of hydrogen-bond donors (Lipinski definition) is 0. The van der Waals surface area contributed by atoms with E-state index in [4.69, 9.17) is 0 Å². The molecular formula is C5H8I3. The minimum absolute atomic E-state index is 0.587. The van der Waals surface area contributed by atoms with E-state index >= 15 is 0 Å². The van der Waals surface area contributed by atoms with Crippen molar-refractivity contribution in [3.8, 4) is 0 Å². The molecule has 0 heterocycles. The van der Waals surface area contributed by atoms with Crippen molar-refractivity contribution < 1.29 is 0 Å². The minimum atomic E-state index is 0.587. The second-order valence-electron chi connectivity index (χ2n) is 1.58. The van der Waals surface area contributed by atoms with Gasteiger partial charge in [0.1, 0.15) is 0 Å². The maximum atomic E-state index is 3.90. The van der Waals surface area contributed by atoms with Gasteiger partial charge in [-0.25, -0.2) is 0 Å². The molecule has 0 aliphatic carbocycles. The van der Waals surface area contributed by atoms with Gasteiger partial charge in [0.2, 0.25) is 0 Å². The molecule has 0 amide bonds. The van der Waals surface area contributed by atoms with Crippen molar-refractivity contribution in [2.75, 3.05) is 4.43 Å². The Hall–Kier alpha value is 2.19. The highest BCUT2D eigenvalue weighted by molar-refractivity contribution is 14.1. The molecule has 0 saturated heterocycles. The van der Waals surface area contributed by atoms with Crippen LogP contribution in [0, 0.1) is 6.92 Å². The zero-order chi connectivity index (χ0) is 6.57. The topological polar surface area (TPSA) is 0 Å². The molecule has 0 aliphatic heterocycles. The highest BCUT2D eigenvalue weighted by Gasteiger charge is 2.04. The predicted octanol–water partition coefficient (Wildman–Crippen LogP) is 3.25. The summed E-state index contributed by atoms with van der Waals surface area (Å²) in [5.74, 6) is 0. The Morgan fingerprint density at radius 1 is 1.38 bits per heavy atom. The lowest BCUT2D eigenvalue weighted by Crippen LogP contribution is -2.04. The van der Waals surface area contributed by atoms with Gasteiger partial charge in [-0.15, -0.1) is 0 Å². The van der Waals surface area contributed by atoms with Crippen molar-refractivity contribution in [3.05, 3.63) is 6.92 Å². The van der Waals surface area contributed by atoms with Gasteiger partial charge in [0, 0.05) is 12.3 Å². The van der Waals surface area contributed by atoms with E-state index in [1.807, 2.05) is 0 Å². The average Bonchev–Trinajstić information content (AvgIpc) is 1.65. The van der Waals surface area contributed by atoms with Crippen molar-refractivity contribution >= 4 is 67.8 Å². The summed E-state index contributed by atoms with van der Waals surface area (Å²) in [5.41, 5.74) is 0. The zero-order valence-electron chi connectivity index (χ0n) is 4.41. The summed E-state index contributed by atoms with van der Waals surface area (Å²) in [5, 5.41) is 0. The van der Waals surface area contributed by atoms with Crippen LogP contribution in [0.2, 0.25) is 0 Å². The lowest BCUT2D eigenvalue weighted by atomic mass is 10.3. The Morgan fingerprint density at radius 3 is 2.00 bits per heavy atom. The van der Waals surface area contributed by atoms with Crippen LogP contribution in [0.1, 0.15) is 6.42 Å². The fraction of sp³-hybridized carbons (Fsp3) is 0.800. The zero-order valence-corrected chi connectivity index (χ0v) is 10.9. The molecule has 0 aromatic carbocycles. The van der Waals surface area contributed by atoms with Crippen molar-refractivity contribution in [1.82, 2.24) is 0 Å². The lowest BCUT2D eigenvalue weighted by molar-refractivity contribution is 0.905. The Balaban J connectivity index is 3.10. The van der Waals surface area contributed by atoms with E-state index < -0.39 is 0 Å². The van der Waals surface area contributed by atoms with Gasteiger partial charge < -0.3 is 0 Å². The molecule has 0 N–H and O–H groups in total. The van der Waals surface area contributed by atoms with Crippen LogP contribution in [0.25, 0.3) is 0 Å². The maximum Gasteiger partial charge on any atom is 0.0209 e. The summed E-state index contributed by atoms with van der Waals surface area (Å²) in [6.45, 7) is 3.90. The van der Waals surface area contributed by atoms with Crippen LogP contribution >= 0.6 is 67.8 Å². The standard InChI is InChI=1S/C5H8I3/c1-4(7)2-5(8)3-6/h4-5H,1-3H2. The van der Waals surface area contributed by atoms with E-state index in [0.29, 0.717) is 3.92 Å². The molecule has 0 spiro atoms. The summed E-state index contributed by atoms with van der Waals surface area (Å²) in [6, 6.07) is 0. The molecule has 1 radical (unpaired) electrons. The molecule has 0 nitrogen and oxygen atoms in total. The minimum Gasteiger partial charge on any atom is -0.0852 e. The smallest absolute Gasteiger partial charge is 0.0209 e. The molecule has 0 fully saturated rings. The van der Waals surface area contributed by atoms with Crippen LogP contribution in [-0.2, 0) is 0 Å². The maximum absolute atomic E-state index is 3.90. The van der Waals surface area contributed by atoms with Gasteiger partial charge in [-0.1, -0.05) is 67.8 Å². The molecule has 0 aromatic heterocycles. The monoisotopic (exact) mass is 449 g/mol. The van der Waals surface area contributed by atoms with Gasteiger partial charge in [0.25, 0.3) is 0 Å². The van der Waals surface area contributed by atoms with Crippen LogP contribution in [0.5, 0.6) is 0 Å². The first-order valence-corrected chi connectivity index (χ1v) is 6.35. The van der Waals surface area contributed by atoms with Crippen molar-refractivity contribution in [3.63, 3.8) is 0 Å². The highest BCUT2D eigenvalue weighted by atomic mass is 127. The Bertz CT molecular complexity index is 53.6. The quantitative estimate of drug-likeness (QED) is 0.459. The van der Waals surface area contributed by atoms with Gasteiger partial charge in [-0.2, -0.15) is 0 Å². The van der Waals surface area contributed by atoms with Crippen LogP contribution in [0.3, 0.4) is 0 Å². The van der Waals surface area contributed by atoms with Crippen molar-refractivity contribution in [1.29, 1.82) is 0 Å². The van der Waals surface area contributed by atoms with Crippen molar-refractivity contribution in [2.45, 2.75) is 14.3 Å². The first-order chi connectivity index (χ1) is 3.66. The average molecular weight is 449 g/mol. The molecule has 2 atom stereocenters. The summed E-state index contributed by atoms with van der Waals surface area (Å²) >= 11 is 7.24. The van der Waals surface area contributed by atoms with Gasteiger partial charge in [0.15, 0.2) is 0 Å². The SMILES string of the molecule is [CH2]C(I)CC(I)CI. The van der Waals surface area contributed by atoms with Crippen LogP contribution in [0.15, 0.2) is 0 Å². The predicted molar refractivity (Wildman–Crippen MR) is 64.5 cm³/mol. The molecule has 2 unspecified atom stereocenters. The van der Waals surface area contributed by atoms with E-state index in [2.05, 4.69) is 74.7 Å². The second-order valence-corrected chi connectivity index (χ2v) is 5.99. The van der Waals surface area contributed by atoms with E-state index in [-0.39, 0.29) is 0 Å². The molecule has 0 saturated carbocycles. The van der Waals surface area contributed by atoms with Gasteiger partial charge in [-0.3, -0.25) is 0 Å². The number of halogens is 3. The largest absolute Gasteiger partial charge is 0.0852 e. The van der Waals surface area contributed by atoms with E-state index in [0.717, 1.165) is 3.92 Å². The van der Waals surface area contributed by atoms with Crippen LogP contribution in [-0.4, -0.2) is 12.3 Å². The molecular weight excluding hydrogens is 441 g/mol. The van der Waals surface area contributed by atoms with E-state index in [1.165, 1.54) is 10.8 Å². The fourth-order valence-electron chi connectivity index (χ4n) is 0.341. The fourth-order valence-corrected chi connectivity index (χ4v) is 2.90. The molecule has 3 heteroatoms. The second kappa shape index (κ2) is 5.94. The molecule has 0 aromatic rings. The Morgan fingerprint density at radius 2 is 1.88 bits per heavy atom. The summed E-state index contributed by atoms with van der Waals surface area (Å²) in [7, 11) is 0. The van der Waals surface area contributed by atoms with E-state index in [1.54, 1.807) is 0 Å². The van der Waals surface area contributed by atoms with Gasteiger partial charge in [0.05, 0.1) is 0 Å². The van der Waals surface area contributed by atoms with Crippen LogP contribution in [0.4, 0.5) is 0 Å². The molecule has 49 valence electrons. The van der Waals surface area contributed by atoms with Crippen molar-refractivity contribution in [2.24, 2.45) is 0 Å². The summed E-state index contributed by atoms with van der Waals surface area (Å²) < 4.78 is 2.64. The molecule has 0 bridgehead atoms. The third-order valence-corrected chi connectivity index (χ3v) is 4.88. The van der Waals surface area contributed by atoms with E-state index in [9.17, 15) is 0 Å². The normalized spacial score (nSPS) is 18.0. The molecule has 0 rings (SSSR count). The Labute approximate surface area is 92.0 Å². The molecule has 0 aliphatic rings. The summed E-state index contributed by atoms with van der Waals surface area (Å²) in [6.07, 6.45) is 1.24. The van der Waals surface area contributed by atoms with Gasteiger partial charge in [-0.05, 0) is 13.3 Å². The Kier molecular flexibility index (Phi) is 7.56. The number of rotatable bonds is 3. The third kappa shape index (κ3) is 6.31. The first kappa shape index (κ1) is 10.2.